The molecule has 0 spiro atoms. The predicted molar refractivity (Wildman–Crippen MR) is 59.5 cm³/mol. The van der Waals surface area contributed by atoms with Crippen LogP contribution >= 0.6 is 0 Å². The van der Waals surface area contributed by atoms with Crippen LogP contribution in [0, 0.1) is 0 Å². The molecule has 0 aliphatic rings. The normalized spacial score (nSPS) is 10.4. The van der Waals surface area contributed by atoms with Crippen LogP contribution in [0.15, 0.2) is 17.2 Å². The van der Waals surface area contributed by atoms with Crippen LogP contribution < -0.4 is 5.69 Å². The molecule has 3 nitrogen and oxygen atoms in total. The molecule has 0 saturated heterocycles. The molecule has 0 fully saturated rings. The predicted octanol–water partition coefficient (Wildman–Crippen LogP) is 2.10. The van der Waals surface area contributed by atoms with Crippen LogP contribution in [-0.2, 0) is 12.5 Å². The van der Waals surface area contributed by atoms with Crippen molar-refractivity contribution in [2.45, 2.75) is 40.0 Å². The number of aromatic nitrogens is 2. The highest BCUT2D eigenvalue weighted by Gasteiger charge is 2.14. The van der Waals surface area contributed by atoms with Gasteiger partial charge in [0.05, 0.1) is 0 Å². The number of hydrogen-bond acceptors (Lipinski definition) is 2. The van der Waals surface area contributed by atoms with Crippen molar-refractivity contribution in [2.75, 3.05) is 0 Å². The minimum Gasteiger partial charge on any atom is -0.302 e. The van der Waals surface area contributed by atoms with E-state index in [0.717, 1.165) is 5.56 Å². The fourth-order valence-electron chi connectivity index (χ4n) is 0.900. The third-order valence-electron chi connectivity index (χ3n) is 1.81. The third-order valence-corrected chi connectivity index (χ3v) is 1.81. The molecule has 0 aliphatic carbocycles. The third kappa shape index (κ3) is 3.32. The lowest BCUT2D eigenvalue weighted by Crippen LogP contribution is -2.23. The molecule has 1 aromatic rings. The SMILES string of the molecule is CC.Cn1cc(C(C)(C)C)cnc1=O. The van der Waals surface area contributed by atoms with Crippen molar-refractivity contribution in [3.05, 3.63) is 28.4 Å². The summed E-state index contributed by atoms with van der Waals surface area (Å²) in [5.41, 5.74) is 0.922. The summed E-state index contributed by atoms with van der Waals surface area (Å²) in [7, 11) is 1.71. The summed E-state index contributed by atoms with van der Waals surface area (Å²) in [5.74, 6) is 0. The second-order valence-corrected chi connectivity index (χ2v) is 3.99. The highest BCUT2D eigenvalue weighted by atomic mass is 16.1. The van der Waals surface area contributed by atoms with E-state index >= 15 is 0 Å². The van der Waals surface area contributed by atoms with E-state index in [9.17, 15) is 4.79 Å². The Hall–Kier alpha value is -1.12. The van der Waals surface area contributed by atoms with Gasteiger partial charge in [-0.05, 0) is 11.0 Å². The molecule has 0 aromatic carbocycles. The summed E-state index contributed by atoms with van der Waals surface area (Å²) in [6.45, 7) is 10.3. The van der Waals surface area contributed by atoms with E-state index < -0.39 is 0 Å². The van der Waals surface area contributed by atoms with Gasteiger partial charge in [0.2, 0.25) is 0 Å². The molecular weight excluding hydrogens is 176 g/mol. The zero-order chi connectivity index (χ0) is 11.4. The van der Waals surface area contributed by atoms with Crippen molar-refractivity contribution in [3.63, 3.8) is 0 Å². The first-order valence-electron chi connectivity index (χ1n) is 4.94. The molecule has 0 atom stereocenters. The Labute approximate surface area is 85.8 Å². The van der Waals surface area contributed by atoms with E-state index in [1.807, 2.05) is 20.0 Å². The van der Waals surface area contributed by atoms with Gasteiger partial charge in [0.15, 0.2) is 0 Å². The van der Waals surface area contributed by atoms with Gasteiger partial charge in [0.1, 0.15) is 0 Å². The van der Waals surface area contributed by atoms with Gasteiger partial charge >= 0.3 is 5.69 Å². The quantitative estimate of drug-likeness (QED) is 0.637. The van der Waals surface area contributed by atoms with Crippen molar-refractivity contribution in [1.29, 1.82) is 0 Å². The summed E-state index contributed by atoms with van der Waals surface area (Å²) in [6, 6.07) is 0. The largest absolute Gasteiger partial charge is 0.347 e. The highest BCUT2D eigenvalue weighted by Crippen LogP contribution is 2.19. The van der Waals surface area contributed by atoms with Crippen LogP contribution in [0.2, 0.25) is 0 Å². The van der Waals surface area contributed by atoms with Crippen molar-refractivity contribution < 1.29 is 0 Å². The molecule has 1 aromatic heterocycles. The van der Waals surface area contributed by atoms with E-state index in [0.29, 0.717) is 0 Å². The number of hydrogen-bond donors (Lipinski definition) is 0. The Morgan fingerprint density at radius 2 is 1.79 bits per heavy atom. The van der Waals surface area contributed by atoms with Gasteiger partial charge in [-0.1, -0.05) is 34.6 Å². The van der Waals surface area contributed by atoms with Crippen LogP contribution in [0.1, 0.15) is 40.2 Å². The lowest BCUT2D eigenvalue weighted by Gasteiger charge is -2.18. The van der Waals surface area contributed by atoms with Crippen LogP contribution in [-0.4, -0.2) is 9.55 Å². The van der Waals surface area contributed by atoms with E-state index in [1.54, 1.807) is 13.2 Å². The lowest BCUT2D eigenvalue weighted by molar-refractivity contribution is 0.574. The molecule has 0 bridgehead atoms. The maximum Gasteiger partial charge on any atom is 0.347 e. The topological polar surface area (TPSA) is 34.9 Å². The fourth-order valence-corrected chi connectivity index (χ4v) is 0.900. The van der Waals surface area contributed by atoms with Crippen molar-refractivity contribution >= 4 is 0 Å². The Bertz CT molecular complexity index is 334. The van der Waals surface area contributed by atoms with Gasteiger partial charge in [-0.2, -0.15) is 0 Å². The smallest absolute Gasteiger partial charge is 0.302 e. The standard InChI is InChI=1S/C9H14N2O.C2H6/c1-9(2,3)7-5-10-8(12)11(4)6-7;1-2/h5-6H,1-4H3;1-2H3. The molecular formula is C11H20N2O. The Morgan fingerprint density at radius 3 is 2.14 bits per heavy atom. The summed E-state index contributed by atoms with van der Waals surface area (Å²) in [6.07, 6.45) is 3.47. The first kappa shape index (κ1) is 12.9. The second kappa shape index (κ2) is 4.94. The Morgan fingerprint density at radius 1 is 1.29 bits per heavy atom. The maximum absolute atomic E-state index is 11.0. The number of aryl methyl sites for hydroxylation is 1. The summed E-state index contributed by atoms with van der Waals surface area (Å²) < 4.78 is 1.50. The molecule has 80 valence electrons. The Kier molecular flexibility index (Phi) is 4.54. The van der Waals surface area contributed by atoms with Gasteiger partial charge < -0.3 is 4.57 Å². The first-order chi connectivity index (χ1) is 6.41. The summed E-state index contributed by atoms with van der Waals surface area (Å²) in [4.78, 5) is 14.7. The van der Waals surface area contributed by atoms with Crippen molar-refractivity contribution in [2.24, 2.45) is 7.05 Å². The average molecular weight is 196 g/mol. The minimum absolute atomic E-state index is 0.0540. The number of nitrogens with zero attached hydrogens (tertiary/aromatic N) is 2. The fraction of sp³-hybridized carbons (Fsp3) is 0.636. The Balaban J connectivity index is 0.000000791. The average Bonchev–Trinajstić information content (AvgIpc) is 2.11. The summed E-state index contributed by atoms with van der Waals surface area (Å²) >= 11 is 0. The van der Waals surface area contributed by atoms with E-state index in [1.165, 1.54) is 4.57 Å². The lowest BCUT2D eigenvalue weighted by atomic mass is 9.89. The molecule has 14 heavy (non-hydrogen) atoms. The van der Waals surface area contributed by atoms with Crippen molar-refractivity contribution in [3.8, 4) is 0 Å². The molecule has 0 radical (unpaired) electrons. The molecule has 1 rings (SSSR count). The second-order valence-electron chi connectivity index (χ2n) is 3.99. The summed E-state index contributed by atoms with van der Waals surface area (Å²) in [5, 5.41) is 0. The molecule has 3 heteroatoms. The zero-order valence-corrected chi connectivity index (χ0v) is 9.96. The molecule has 0 N–H and O–H groups in total. The van der Waals surface area contributed by atoms with Gasteiger partial charge in [0.25, 0.3) is 0 Å². The van der Waals surface area contributed by atoms with Gasteiger partial charge in [-0.25, -0.2) is 9.78 Å². The molecule has 0 amide bonds. The van der Waals surface area contributed by atoms with Gasteiger partial charge in [-0.3, -0.25) is 0 Å². The van der Waals surface area contributed by atoms with Crippen LogP contribution in [0.25, 0.3) is 0 Å². The molecule has 0 aliphatic heterocycles. The number of rotatable bonds is 0. The van der Waals surface area contributed by atoms with Gasteiger partial charge in [0, 0.05) is 19.4 Å². The van der Waals surface area contributed by atoms with Crippen LogP contribution in [0.3, 0.4) is 0 Å². The van der Waals surface area contributed by atoms with Crippen molar-refractivity contribution in [1.82, 2.24) is 9.55 Å². The molecule has 0 unspecified atom stereocenters. The van der Waals surface area contributed by atoms with E-state index in [-0.39, 0.29) is 11.1 Å². The first-order valence-corrected chi connectivity index (χ1v) is 4.94. The van der Waals surface area contributed by atoms with Gasteiger partial charge in [-0.15, -0.1) is 0 Å². The highest BCUT2D eigenvalue weighted by molar-refractivity contribution is 5.14. The zero-order valence-electron chi connectivity index (χ0n) is 9.96. The van der Waals surface area contributed by atoms with E-state index in [4.69, 9.17) is 0 Å². The maximum atomic E-state index is 11.0. The molecule has 0 saturated carbocycles. The minimum atomic E-state index is -0.206. The molecule has 1 heterocycles. The van der Waals surface area contributed by atoms with E-state index in [2.05, 4.69) is 25.8 Å². The van der Waals surface area contributed by atoms with Crippen LogP contribution in [0.5, 0.6) is 0 Å². The van der Waals surface area contributed by atoms with Crippen LogP contribution in [0.4, 0.5) is 0 Å². The monoisotopic (exact) mass is 196 g/mol.